The SMILES string of the molecule is COc1ccc(Cn2c(N(C)[C@H]3CCCN(C(=O)OC(C)(C)C)C3)nc3ccccc32)cc1. The Morgan fingerprint density at radius 1 is 1.15 bits per heavy atom. The van der Waals surface area contributed by atoms with Gasteiger partial charge in [-0.3, -0.25) is 0 Å². The van der Waals surface area contributed by atoms with Crippen molar-refractivity contribution in [2.24, 2.45) is 0 Å². The summed E-state index contributed by atoms with van der Waals surface area (Å²) in [6.07, 6.45) is 1.70. The lowest BCUT2D eigenvalue weighted by molar-refractivity contribution is 0.0199. The van der Waals surface area contributed by atoms with Crippen LogP contribution in [0.25, 0.3) is 11.0 Å². The Morgan fingerprint density at radius 3 is 2.58 bits per heavy atom. The first-order valence-corrected chi connectivity index (χ1v) is 11.5. The van der Waals surface area contributed by atoms with Crippen molar-refractivity contribution < 1.29 is 14.3 Å². The molecule has 0 radical (unpaired) electrons. The minimum atomic E-state index is -0.498. The number of methoxy groups -OCH3 is 1. The molecule has 0 spiro atoms. The molecule has 1 aliphatic heterocycles. The van der Waals surface area contributed by atoms with E-state index < -0.39 is 5.60 Å². The highest BCUT2D eigenvalue weighted by molar-refractivity contribution is 5.79. The number of benzene rings is 2. The zero-order valence-corrected chi connectivity index (χ0v) is 20.2. The van der Waals surface area contributed by atoms with E-state index >= 15 is 0 Å². The number of anilines is 1. The first-order chi connectivity index (χ1) is 15.7. The summed E-state index contributed by atoms with van der Waals surface area (Å²) in [6.45, 7) is 7.76. The van der Waals surface area contributed by atoms with Gasteiger partial charge in [-0.25, -0.2) is 9.78 Å². The highest BCUT2D eigenvalue weighted by atomic mass is 16.6. The molecule has 3 aromatic rings. The Hall–Kier alpha value is -3.22. The molecule has 33 heavy (non-hydrogen) atoms. The molecule has 176 valence electrons. The Kier molecular flexibility index (Phi) is 6.49. The highest BCUT2D eigenvalue weighted by Crippen LogP contribution is 2.28. The number of carbonyl (C=O) groups is 1. The van der Waals surface area contributed by atoms with Gasteiger partial charge in [0.15, 0.2) is 0 Å². The van der Waals surface area contributed by atoms with Gasteiger partial charge in [0.25, 0.3) is 0 Å². The maximum Gasteiger partial charge on any atom is 0.410 e. The van der Waals surface area contributed by atoms with Gasteiger partial charge < -0.3 is 23.8 Å². The second kappa shape index (κ2) is 9.33. The van der Waals surface area contributed by atoms with Crippen LogP contribution in [0.4, 0.5) is 10.7 Å². The second-order valence-electron chi connectivity index (χ2n) is 9.67. The third-order valence-corrected chi connectivity index (χ3v) is 6.05. The number of aromatic nitrogens is 2. The lowest BCUT2D eigenvalue weighted by Gasteiger charge is -2.38. The summed E-state index contributed by atoms with van der Waals surface area (Å²) < 4.78 is 13.2. The summed E-state index contributed by atoms with van der Waals surface area (Å²) in [7, 11) is 3.76. The van der Waals surface area contributed by atoms with Gasteiger partial charge in [-0.05, 0) is 63.4 Å². The molecule has 1 aliphatic rings. The van der Waals surface area contributed by atoms with Crippen LogP contribution in [-0.2, 0) is 11.3 Å². The lowest BCUT2D eigenvalue weighted by atomic mass is 10.1. The summed E-state index contributed by atoms with van der Waals surface area (Å²) in [6, 6.07) is 16.5. The predicted octanol–water partition coefficient (Wildman–Crippen LogP) is 4.93. The van der Waals surface area contributed by atoms with Crippen LogP contribution < -0.4 is 9.64 Å². The average molecular weight is 451 g/mol. The number of amides is 1. The van der Waals surface area contributed by atoms with Crippen LogP contribution in [-0.4, -0.2) is 59.4 Å². The predicted molar refractivity (Wildman–Crippen MR) is 131 cm³/mol. The van der Waals surface area contributed by atoms with Gasteiger partial charge in [-0.1, -0.05) is 24.3 Å². The lowest BCUT2D eigenvalue weighted by Crippen LogP contribution is -2.50. The van der Waals surface area contributed by atoms with Crippen LogP contribution in [0.3, 0.4) is 0 Å². The van der Waals surface area contributed by atoms with Gasteiger partial charge in [0, 0.05) is 26.2 Å². The zero-order valence-electron chi connectivity index (χ0n) is 20.2. The standard InChI is InChI=1S/C26H34N4O3/c1-26(2,3)33-25(31)29-16-8-9-20(18-29)28(4)24-27-22-10-6-7-11-23(22)30(24)17-19-12-14-21(32-5)15-13-19/h6-7,10-15,20H,8-9,16-18H2,1-5H3/t20-/m0/s1. The van der Waals surface area contributed by atoms with E-state index in [4.69, 9.17) is 14.5 Å². The zero-order chi connectivity index (χ0) is 23.6. The van der Waals surface area contributed by atoms with Crippen molar-refractivity contribution in [3.8, 4) is 5.75 Å². The fourth-order valence-corrected chi connectivity index (χ4v) is 4.33. The Labute approximate surface area is 195 Å². The van der Waals surface area contributed by atoms with Crippen molar-refractivity contribution in [3.63, 3.8) is 0 Å². The Balaban J connectivity index is 1.60. The number of rotatable bonds is 5. The number of likely N-dealkylation sites (N-methyl/N-ethyl adjacent to an activating group) is 1. The summed E-state index contributed by atoms with van der Waals surface area (Å²) in [4.78, 5) is 21.7. The minimum absolute atomic E-state index is 0.165. The number of carbonyl (C=O) groups excluding carboxylic acids is 1. The van der Waals surface area contributed by atoms with Crippen molar-refractivity contribution in [2.75, 3.05) is 32.1 Å². The largest absolute Gasteiger partial charge is 0.497 e. The van der Waals surface area contributed by atoms with Crippen molar-refractivity contribution in [2.45, 2.75) is 51.8 Å². The quantitative estimate of drug-likeness (QED) is 0.552. The minimum Gasteiger partial charge on any atom is -0.497 e. The molecule has 1 fully saturated rings. The monoisotopic (exact) mass is 450 g/mol. The van der Waals surface area contributed by atoms with Gasteiger partial charge >= 0.3 is 6.09 Å². The summed E-state index contributed by atoms with van der Waals surface area (Å²) in [5.41, 5.74) is 2.73. The number of ether oxygens (including phenoxy) is 2. The second-order valence-corrected chi connectivity index (χ2v) is 9.67. The van der Waals surface area contributed by atoms with Gasteiger partial charge in [0.05, 0.1) is 24.7 Å². The topological polar surface area (TPSA) is 59.8 Å². The normalized spacial score (nSPS) is 16.6. The van der Waals surface area contributed by atoms with Crippen LogP contribution in [0, 0.1) is 0 Å². The molecule has 0 N–H and O–H groups in total. The van der Waals surface area contributed by atoms with E-state index in [0.717, 1.165) is 42.1 Å². The van der Waals surface area contributed by atoms with Crippen LogP contribution in [0.2, 0.25) is 0 Å². The van der Waals surface area contributed by atoms with Crippen LogP contribution >= 0.6 is 0 Å². The molecule has 2 aromatic carbocycles. The summed E-state index contributed by atoms with van der Waals surface area (Å²) in [5.74, 6) is 1.75. The van der Waals surface area contributed by atoms with E-state index in [1.165, 1.54) is 5.56 Å². The highest BCUT2D eigenvalue weighted by Gasteiger charge is 2.31. The van der Waals surface area contributed by atoms with Gasteiger partial charge in [-0.15, -0.1) is 0 Å². The molecule has 1 saturated heterocycles. The number of imidazole rings is 1. The van der Waals surface area contributed by atoms with Gasteiger partial charge in [-0.2, -0.15) is 0 Å². The number of hydrogen-bond donors (Lipinski definition) is 0. The summed E-state index contributed by atoms with van der Waals surface area (Å²) >= 11 is 0. The molecule has 0 aliphatic carbocycles. The maximum absolute atomic E-state index is 12.7. The number of fused-ring (bicyclic) bond motifs is 1. The van der Waals surface area contributed by atoms with Crippen LogP contribution in [0.5, 0.6) is 5.75 Å². The first-order valence-electron chi connectivity index (χ1n) is 11.5. The molecule has 4 rings (SSSR count). The molecule has 0 unspecified atom stereocenters. The molecule has 7 heteroatoms. The number of nitrogens with zero attached hydrogens (tertiary/aromatic N) is 4. The molecular formula is C26H34N4O3. The van der Waals surface area contributed by atoms with Crippen molar-refractivity contribution in [1.82, 2.24) is 14.5 Å². The molecule has 1 aromatic heterocycles. The number of likely N-dealkylation sites (tertiary alicyclic amines) is 1. The Bertz CT molecular complexity index is 1100. The van der Waals surface area contributed by atoms with Crippen molar-refractivity contribution in [3.05, 3.63) is 54.1 Å². The van der Waals surface area contributed by atoms with Gasteiger partial charge in [0.2, 0.25) is 5.95 Å². The summed E-state index contributed by atoms with van der Waals surface area (Å²) in [5, 5.41) is 0. The molecule has 1 atom stereocenters. The molecule has 1 amide bonds. The van der Waals surface area contributed by atoms with Crippen molar-refractivity contribution >= 4 is 23.1 Å². The van der Waals surface area contributed by atoms with E-state index in [-0.39, 0.29) is 12.1 Å². The molecule has 0 saturated carbocycles. The molecular weight excluding hydrogens is 416 g/mol. The fraction of sp³-hybridized carbons (Fsp3) is 0.462. The van der Waals surface area contributed by atoms with E-state index in [2.05, 4.69) is 34.7 Å². The molecule has 2 heterocycles. The van der Waals surface area contributed by atoms with E-state index in [1.54, 1.807) is 7.11 Å². The average Bonchev–Trinajstić information content (AvgIpc) is 3.16. The smallest absolute Gasteiger partial charge is 0.410 e. The van der Waals surface area contributed by atoms with E-state index in [0.29, 0.717) is 13.1 Å². The number of piperidine rings is 1. The fourth-order valence-electron chi connectivity index (χ4n) is 4.33. The number of hydrogen-bond acceptors (Lipinski definition) is 5. The molecule has 7 nitrogen and oxygen atoms in total. The third kappa shape index (κ3) is 5.24. The van der Waals surface area contributed by atoms with E-state index in [1.807, 2.05) is 56.0 Å². The van der Waals surface area contributed by atoms with Crippen molar-refractivity contribution in [1.29, 1.82) is 0 Å². The van der Waals surface area contributed by atoms with Crippen LogP contribution in [0.15, 0.2) is 48.5 Å². The van der Waals surface area contributed by atoms with Crippen LogP contribution in [0.1, 0.15) is 39.2 Å². The maximum atomic E-state index is 12.7. The number of para-hydroxylation sites is 2. The third-order valence-electron chi connectivity index (χ3n) is 6.05. The van der Waals surface area contributed by atoms with E-state index in [9.17, 15) is 4.79 Å². The first kappa shape index (κ1) is 23.0. The van der Waals surface area contributed by atoms with Gasteiger partial charge in [0.1, 0.15) is 11.4 Å². The molecule has 0 bridgehead atoms. The Morgan fingerprint density at radius 2 is 1.88 bits per heavy atom.